The fourth-order valence-corrected chi connectivity index (χ4v) is 2.97. The minimum atomic E-state index is 0.613. The predicted octanol–water partition coefficient (Wildman–Crippen LogP) is 3.09. The van der Waals surface area contributed by atoms with E-state index in [0.29, 0.717) is 11.6 Å². The van der Waals surface area contributed by atoms with Crippen molar-refractivity contribution in [2.45, 2.75) is 19.9 Å². The monoisotopic (exact) mass is 309 g/mol. The molecule has 0 radical (unpaired) electrons. The minimum Gasteiger partial charge on any atom is -0.354 e. The third-order valence-corrected chi connectivity index (χ3v) is 4.50. The van der Waals surface area contributed by atoms with Crippen molar-refractivity contribution in [2.24, 2.45) is 0 Å². The van der Waals surface area contributed by atoms with Crippen LogP contribution in [0, 0.1) is 0 Å². The molecule has 0 spiro atoms. The lowest BCUT2D eigenvalue weighted by Gasteiger charge is -2.37. The summed E-state index contributed by atoms with van der Waals surface area (Å²) >= 11 is 0. The van der Waals surface area contributed by atoms with Gasteiger partial charge in [-0.1, -0.05) is 24.3 Å². The first-order valence-corrected chi connectivity index (χ1v) is 8.18. The van der Waals surface area contributed by atoms with E-state index < -0.39 is 0 Å². The molecule has 23 heavy (non-hydrogen) atoms. The number of aromatic nitrogens is 1. The molecule has 0 aliphatic carbocycles. The number of piperazine rings is 1. The molecule has 1 aromatic carbocycles. The topological polar surface area (TPSA) is 36.4 Å². The van der Waals surface area contributed by atoms with Crippen LogP contribution in [0.5, 0.6) is 0 Å². The van der Waals surface area contributed by atoms with Crippen molar-refractivity contribution in [3.63, 3.8) is 0 Å². The highest BCUT2D eigenvalue weighted by Gasteiger charge is 2.19. The van der Waals surface area contributed by atoms with Crippen LogP contribution in [-0.4, -0.2) is 48.4 Å². The van der Waals surface area contributed by atoms with Crippen LogP contribution in [0.4, 0.5) is 5.82 Å². The van der Waals surface area contributed by atoms with Gasteiger partial charge in [0.1, 0.15) is 12.1 Å². The lowest BCUT2D eigenvalue weighted by atomic mass is 10.1. The van der Waals surface area contributed by atoms with E-state index in [0.717, 1.165) is 49.4 Å². The Hall–Kier alpha value is -2.20. The van der Waals surface area contributed by atoms with Crippen LogP contribution in [0.3, 0.4) is 0 Å². The van der Waals surface area contributed by atoms with E-state index in [1.807, 2.05) is 30.5 Å². The number of carbonyl (C=O) groups is 1. The van der Waals surface area contributed by atoms with E-state index >= 15 is 0 Å². The normalized spacial score (nSPS) is 15.9. The van der Waals surface area contributed by atoms with Gasteiger partial charge in [-0.3, -0.25) is 9.69 Å². The molecular weight excluding hydrogens is 286 g/mol. The van der Waals surface area contributed by atoms with Gasteiger partial charge in [0.25, 0.3) is 0 Å². The van der Waals surface area contributed by atoms with Crippen LogP contribution in [0.25, 0.3) is 11.1 Å². The molecule has 1 fully saturated rings. The van der Waals surface area contributed by atoms with Gasteiger partial charge >= 0.3 is 0 Å². The summed E-state index contributed by atoms with van der Waals surface area (Å²) in [6.07, 6.45) is 2.78. The minimum absolute atomic E-state index is 0.613. The predicted molar refractivity (Wildman–Crippen MR) is 94.0 cm³/mol. The van der Waals surface area contributed by atoms with Crippen LogP contribution < -0.4 is 4.90 Å². The number of anilines is 1. The summed E-state index contributed by atoms with van der Waals surface area (Å²) in [4.78, 5) is 20.2. The number of carbonyl (C=O) groups excluding carboxylic acids is 1. The van der Waals surface area contributed by atoms with Crippen molar-refractivity contribution in [2.75, 3.05) is 31.1 Å². The van der Waals surface area contributed by atoms with E-state index in [-0.39, 0.29) is 0 Å². The van der Waals surface area contributed by atoms with E-state index in [1.54, 1.807) is 0 Å². The molecule has 4 nitrogen and oxygen atoms in total. The Kier molecular flexibility index (Phi) is 4.72. The van der Waals surface area contributed by atoms with Crippen molar-refractivity contribution >= 4 is 12.1 Å². The number of hydrogen-bond donors (Lipinski definition) is 0. The first-order chi connectivity index (χ1) is 11.2. The highest BCUT2D eigenvalue weighted by molar-refractivity contribution is 5.76. The van der Waals surface area contributed by atoms with Crippen molar-refractivity contribution in [3.8, 4) is 11.1 Å². The second-order valence-corrected chi connectivity index (χ2v) is 6.26. The van der Waals surface area contributed by atoms with Gasteiger partial charge in [-0.05, 0) is 31.5 Å². The van der Waals surface area contributed by atoms with E-state index in [4.69, 9.17) is 0 Å². The third-order valence-electron chi connectivity index (χ3n) is 4.50. The Morgan fingerprint density at radius 2 is 1.61 bits per heavy atom. The summed E-state index contributed by atoms with van der Waals surface area (Å²) in [6, 6.07) is 12.4. The molecule has 1 aliphatic heterocycles. The largest absolute Gasteiger partial charge is 0.354 e. The smallest absolute Gasteiger partial charge is 0.150 e. The number of pyridine rings is 1. The molecule has 1 aliphatic rings. The molecule has 0 saturated carbocycles. The van der Waals surface area contributed by atoms with Crippen LogP contribution in [0.2, 0.25) is 0 Å². The second kappa shape index (κ2) is 6.92. The molecule has 1 saturated heterocycles. The van der Waals surface area contributed by atoms with Crippen LogP contribution in [0.15, 0.2) is 42.6 Å². The quantitative estimate of drug-likeness (QED) is 0.813. The maximum absolute atomic E-state index is 10.7. The van der Waals surface area contributed by atoms with Crippen molar-refractivity contribution in [1.82, 2.24) is 9.88 Å². The van der Waals surface area contributed by atoms with Gasteiger partial charge in [0.15, 0.2) is 0 Å². The molecule has 2 heterocycles. The SMILES string of the molecule is CC(C)N1CCN(c2ccc(-c3ccc(C=O)cc3)cn2)CC1. The summed E-state index contributed by atoms with van der Waals surface area (Å²) in [5, 5.41) is 0. The van der Waals surface area contributed by atoms with Crippen LogP contribution in [-0.2, 0) is 0 Å². The zero-order valence-electron chi connectivity index (χ0n) is 13.8. The standard InChI is InChI=1S/C19H23N3O/c1-15(2)21-9-11-22(12-10-21)19-8-7-18(13-20-19)17-5-3-16(14-23)4-6-17/h3-8,13-15H,9-12H2,1-2H3. The Morgan fingerprint density at radius 1 is 0.957 bits per heavy atom. The molecule has 2 aromatic rings. The van der Waals surface area contributed by atoms with Gasteiger partial charge in [-0.2, -0.15) is 0 Å². The third kappa shape index (κ3) is 3.59. The summed E-state index contributed by atoms with van der Waals surface area (Å²) in [7, 11) is 0. The maximum atomic E-state index is 10.7. The number of hydrogen-bond acceptors (Lipinski definition) is 4. The Morgan fingerprint density at radius 3 is 2.13 bits per heavy atom. The average molecular weight is 309 g/mol. The highest BCUT2D eigenvalue weighted by atomic mass is 16.1. The zero-order chi connectivity index (χ0) is 16.2. The van der Waals surface area contributed by atoms with Crippen molar-refractivity contribution < 1.29 is 4.79 Å². The van der Waals surface area contributed by atoms with Gasteiger partial charge in [-0.25, -0.2) is 4.98 Å². The molecule has 0 N–H and O–H groups in total. The van der Waals surface area contributed by atoms with Crippen molar-refractivity contribution in [1.29, 1.82) is 0 Å². The fourth-order valence-electron chi connectivity index (χ4n) is 2.97. The van der Waals surface area contributed by atoms with E-state index in [9.17, 15) is 4.79 Å². The molecule has 4 heteroatoms. The summed E-state index contributed by atoms with van der Waals surface area (Å²) in [5.74, 6) is 1.04. The number of aldehydes is 1. The molecule has 120 valence electrons. The Bertz CT molecular complexity index is 641. The molecule has 0 bridgehead atoms. The van der Waals surface area contributed by atoms with Gasteiger partial charge in [0, 0.05) is 49.5 Å². The van der Waals surface area contributed by atoms with E-state index in [2.05, 4.69) is 40.8 Å². The van der Waals surface area contributed by atoms with E-state index in [1.165, 1.54) is 0 Å². The second-order valence-electron chi connectivity index (χ2n) is 6.26. The molecule has 0 amide bonds. The first-order valence-electron chi connectivity index (χ1n) is 8.18. The number of benzene rings is 1. The van der Waals surface area contributed by atoms with Crippen LogP contribution >= 0.6 is 0 Å². The summed E-state index contributed by atoms with van der Waals surface area (Å²) in [5.41, 5.74) is 2.85. The van der Waals surface area contributed by atoms with Gasteiger partial charge in [-0.15, -0.1) is 0 Å². The Labute approximate surface area is 137 Å². The highest BCUT2D eigenvalue weighted by Crippen LogP contribution is 2.22. The fraction of sp³-hybridized carbons (Fsp3) is 0.368. The molecule has 0 atom stereocenters. The molecular formula is C19H23N3O. The van der Waals surface area contributed by atoms with Crippen LogP contribution in [0.1, 0.15) is 24.2 Å². The lowest BCUT2D eigenvalue weighted by molar-refractivity contribution is 0.112. The molecule has 3 rings (SSSR count). The molecule has 1 aromatic heterocycles. The molecule has 0 unspecified atom stereocenters. The lowest BCUT2D eigenvalue weighted by Crippen LogP contribution is -2.49. The number of rotatable bonds is 4. The first kappa shape index (κ1) is 15.7. The average Bonchev–Trinajstić information content (AvgIpc) is 2.62. The maximum Gasteiger partial charge on any atom is 0.150 e. The van der Waals surface area contributed by atoms with Gasteiger partial charge < -0.3 is 4.90 Å². The zero-order valence-corrected chi connectivity index (χ0v) is 13.8. The van der Waals surface area contributed by atoms with Gasteiger partial charge in [0.05, 0.1) is 0 Å². The number of nitrogens with zero attached hydrogens (tertiary/aromatic N) is 3. The summed E-state index contributed by atoms with van der Waals surface area (Å²) in [6.45, 7) is 8.73. The summed E-state index contributed by atoms with van der Waals surface area (Å²) < 4.78 is 0. The van der Waals surface area contributed by atoms with Crippen molar-refractivity contribution in [3.05, 3.63) is 48.2 Å². The Balaban J connectivity index is 1.68. The van der Waals surface area contributed by atoms with Gasteiger partial charge in [0.2, 0.25) is 0 Å².